The van der Waals surface area contributed by atoms with Crippen molar-refractivity contribution in [1.29, 1.82) is 0 Å². The molecule has 23 heavy (non-hydrogen) atoms. The Hall–Kier alpha value is -0.650. The number of nitrogens with zero attached hydrogens (tertiary/aromatic N) is 1. The average Bonchev–Trinajstić information content (AvgIpc) is 3.09. The van der Waals surface area contributed by atoms with Crippen molar-refractivity contribution in [2.24, 2.45) is 17.6 Å². The second-order valence-electron chi connectivity index (χ2n) is 7.38. The molecule has 2 N–H and O–H groups in total. The highest BCUT2D eigenvalue weighted by atomic mass is 16.5. The van der Waals surface area contributed by atoms with Crippen LogP contribution in [0.3, 0.4) is 0 Å². The van der Waals surface area contributed by atoms with Gasteiger partial charge < -0.3 is 20.1 Å². The molecule has 5 nitrogen and oxygen atoms in total. The topological polar surface area (TPSA) is 64.8 Å². The van der Waals surface area contributed by atoms with Gasteiger partial charge in [-0.2, -0.15) is 0 Å². The molecule has 132 valence electrons. The third-order valence-corrected chi connectivity index (χ3v) is 5.82. The molecule has 0 spiro atoms. The van der Waals surface area contributed by atoms with Crippen molar-refractivity contribution in [2.45, 2.75) is 63.6 Å². The van der Waals surface area contributed by atoms with Gasteiger partial charge >= 0.3 is 0 Å². The molecule has 1 unspecified atom stereocenters. The smallest absolute Gasteiger partial charge is 0.226 e. The van der Waals surface area contributed by atoms with Crippen LogP contribution < -0.4 is 5.73 Å². The lowest BCUT2D eigenvalue weighted by molar-refractivity contribution is -0.140. The van der Waals surface area contributed by atoms with Gasteiger partial charge in [0, 0.05) is 25.6 Å². The minimum absolute atomic E-state index is 0.174. The highest BCUT2D eigenvalue weighted by Crippen LogP contribution is 2.33. The first-order valence-electron chi connectivity index (χ1n) is 9.50. The first-order valence-corrected chi connectivity index (χ1v) is 9.50. The number of ether oxygens (including phenoxy) is 2. The number of hydrogen-bond acceptors (Lipinski definition) is 4. The lowest BCUT2D eigenvalue weighted by Gasteiger charge is -2.35. The maximum Gasteiger partial charge on any atom is 0.226 e. The summed E-state index contributed by atoms with van der Waals surface area (Å²) in [6.07, 6.45) is 9.34. The molecule has 3 fully saturated rings. The zero-order chi connectivity index (χ0) is 16.1. The Kier molecular flexibility index (Phi) is 6.31. The number of likely N-dealkylation sites (tertiary alicyclic amines) is 1. The van der Waals surface area contributed by atoms with E-state index in [9.17, 15) is 4.79 Å². The Morgan fingerprint density at radius 3 is 2.61 bits per heavy atom. The lowest BCUT2D eigenvalue weighted by Crippen LogP contribution is -2.45. The molecule has 2 aliphatic heterocycles. The van der Waals surface area contributed by atoms with Crippen molar-refractivity contribution >= 4 is 5.91 Å². The number of hydrogen-bond donors (Lipinski definition) is 1. The van der Waals surface area contributed by atoms with Crippen LogP contribution in [0.15, 0.2) is 0 Å². The van der Waals surface area contributed by atoms with Crippen LogP contribution in [0.1, 0.15) is 51.4 Å². The fourth-order valence-corrected chi connectivity index (χ4v) is 4.30. The summed E-state index contributed by atoms with van der Waals surface area (Å²) in [5.41, 5.74) is 5.82. The zero-order valence-corrected chi connectivity index (χ0v) is 14.3. The lowest BCUT2D eigenvalue weighted by atomic mass is 9.93. The molecule has 5 heteroatoms. The number of piperidine rings is 1. The second-order valence-corrected chi connectivity index (χ2v) is 7.38. The monoisotopic (exact) mass is 324 g/mol. The van der Waals surface area contributed by atoms with Gasteiger partial charge in [0.05, 0.1) is 18.8 Å². The van der Waals surface area contributed by atoms with Crippen molar-refractivity contribution < 1.29 is 14.3 Å². The Labute approximate surface area is 139 Å². The SMILES string of the molecule is NC[C@H]1CCC[C@H]1C(=O)N1CCC(OCC2CCCCO2)CC1. The highest BCUT2D eigenvalue weighted by molar-refractivity contribution is 5.79. The molecular weight excluding hydrogens is 292 g/mol. The van der Waals surface area contributed by atoms with Crippen molar-refractivity contribution in [2.75, 3.05) is 32.8 Å². The Morgan fingerprint density at radius 2 is 1.91 bits per heavy atom. The summed E-state index contributed by atoms with van der Waals surface area (Å²) in [4.78, 5) is 14.7. The summed E-state index contributed by atoms with van der Waals surface area (Å²) in [6.45, 7) is 3.92. The normalized spacial score (nSPS) is 33.1. The molecule has 1 aliphatic carbocycles. The first-order chi connectivity index (χ1) is 11.3. The van der Waals surface area contributed by atoms with E-state index in [-0.39, 0.29) is 12.0 Å². The number of carbonyl (C=O) groups excluding carboxylic acids is 1. The van der Waals surface area contributed by atoms with E-state index in [1.807, 2.05) is 0 Å². The van der Waals surface area contributed by atoms with Crippen molar-refractivity contribution in [1.82, 2.24) is 4.90 Å². The van der Waals surface area contributed by atoms with Crippen LogP contribution in [0, 0.1) is 11.8 Å². The molecule has 0 aromatic rings. The van der Waals surface area contributed by atoms with E-state index in [0.717, 1.165) is 64.8 Å². The third kappa shape index (κ3) is 4.46. The Balaban J connectivity index is 1.38. The highest BCUT2D eigenvalue weighted by Gasteiger charge is 2.36. The number of carbonyl (C=O) groups is 1. The van der Waals surface area contributed by atoms with Crippen LogP contribution >= 0.6 is 0 Å². The van der Waals surface area contributed by atoms with Crippen molar-refractivity contribution in [3.63, 3.8) is 0 Å². The molecule has 3 aliphatic rings. The largest absolute Gasteiger partial charge is 0.376 e. The molecule has 0 bridgehead atoms. The van der Waals surface area contributed by atoms with E-state index >= 15 is 0 Å². The Morgan fingerprint density at radius 1 is 1.09 bits per heavy atom. The maximum absolute atomic E-state index is 12.7. The predicted molar refractivity (Wildman–Crippen MR) is 89.0 cm³/mol. The fraction of sp³-hybridized carbons (Fsp3) is 0.944. The summed E-state index contributed by atoms with van der Waals surface area (Å²) in [6, 6.07) is 0. The van der Waals surface area contributed by atoms with Crippen LogP contribution in [0.2, 0.25) is 0 Å². The summed E-state index contributed by atoms with van der Waals surface area (Å²) in [5.74, 6) is 0.917. The molecule has 3 atom stereocenters. The number of amides is 1. The minimum atomic E-state index is 0.174. The summed E-state index contributed by atoms with van der Waals surface area (Å²) < 4.78 is 11.8. The summed E-state index contributed by atoms with van der Waals surface area (Å²) >= 11 is 0. The number of rotatable bonds is 5. The molecule has 0 aromatic heterocycles. The van der Waals surface area contributed by atoms with E-state index in [2.05, 4.69) is 4.90 Å². The molecule has 1 saturated carbocycles. The van der Waals surface area contributed by atoms with Gasteiger partial charge in [-0.25, -0.2) is 0 Å². The van der Waals surface area contributed by atoms with Crippen LogP contribution in [0.4, 0.5) is 0 Å². The van der Waals surface area contributed by atoms with Gasteiger partial charge in [0.2, 0.25) is 5.91 Å². The van der Waals surface area contributed by atoms with E-state index in [4.69, 9.17) is 15.2 Å². The molecular formula is C18H32N2O3. The van der Waals surface area contributed by atoms with Crippen LogP contribution in [0.25, 0.3) is 0 Å². The zero-order valence-electron chi connectivity index (χ0n) is 14.3. The standard InChI is InChI=1S/C18H32N2O3/c19-12-14-4-3-6-17(14)18(21)20-9-7-15(8-10-20)23-13-16-5-1-2-11-22-16/h14-17H,1-13,19H2/t14-,16?,17-/m1/s1. The third-order valence-electron chi connectivity index (χ3n) is 5.82. The quantitative estimate of drug-likeness (QED) is 0.839. The van der Waals surface area contributed by atoms with Gasteiger partial charge in [-0.05, 0) is 57.4 Å². The second kappa shape index (κ2) is 8.45. The summed E-state index contributed by atoms with van der Waals surface area (Å²) in [5, 5.41) is 0. The van der Waals surface area contributed by atoms with Gasteiger partial charge in [-0.1, -0.05) is 6.42 Å². The molecule has 1 amide bonds. The molecule has 0 radical (unpaired) electrons. The predicted octanol–water partition coefficient (Wildman–Crippen LogP) is 1.94. The summed E-state index contributed by atoms with van der Waals surface area (Å²) in [7, 11) is 0. The minimum Gasteiger partial charge on any atom is -0.376 e. The van der Waals surface area contributed by atoms with Gasteiger partial charge in [-0.15, -0.1) is 0 Å². The maximum atomic E-state index is 12.7. The number of nitrogens with two attached hydrogens (primary N) is 1. The molecule has 3 rings (SSSR count). The van der Waals surface area contributed by atoms with E-state index < -0.39 is 0 Å². The van der Waals surface area contributed by atoms with Crippen LogP contribution in [-0.2, 0) is 14.3 Å². The molecule has 0 aromatic carbocycles. The van der Waals surface area contributed by atoms with E-state index in [1.54, 1.807) is 0 Å². The van der Waals surface area contributed by atoms with Gasteiger partial charge in [0.15, 0.2) is 0 Å². The van der Waals surface area contributed by atoms with Gasteiger partial charge in [-0.3, -0.25) is 4.79 Å². The van der Waals surface area contributed by atoms with Crippen molar-refractivity contribution in [3.05, 3.63) is 0 Å². The van der Waals surface area contributed by atoms with E-state index in [1.165, 1.54) is 12.8 Å². The van der Waals surface area contributed by atoms with Gasteiger partial charge in [0.1, 0.15) is 0 Å². The Bertz CT molecular complexity index is 376. The first kappa shape index (κ1) is 17.2. The van der Waals surface area contributed by atoms with Gasteiger partial charge in [0.25, 0.3) is 0 Å². The van der Waals surface area contributed by atoms with Crippen LogP contribution in [0.5, 0.6) is 0 Å². The molecule has 2 saturated heterocycles. The fourth-order valence-electron chi connectivity index (χ4n) is 4.30. The van der Waals surface area contributed by atoms with Crippen LogP contribution in [-0.4, -0.2) is 55.9 Å². The van der Waals surface area contributed by atoms with Crippen molar-refractivity contribution in [3.8, 4) is 0 Å². The average molecular weight is 324 g/mol. The van der Waals surface area contributed by atoms with E-state index in [0.29, 0.717) is 24.5 Å². The molecule has 2 heterocycles.